The Hall–Kier alpha value is -3.44. The number of amides is 1. The minimum absolute atomic E-state index is 0.0773. The third-order valence-corrected chi connectivity index (χ3v) is 6.39. The van der Waals surface area contributed by atoms with E-state index in [1.807, 2.05) is 82.5 Å². The van der Waals surface area contributed by atoms with Gasteiger partial charge in [0.05, 0.1) is 12.2 Å². The van der Waals surface area contributed by atoms with Crippen molar-refractivity contribution in [2.75, 3.05) is 13.1 Å². The van der Waals surface area contributed by atoms with Gasteiger partial charge in [-0.05, 0) is 54.8 Å². The number of carbonyl (C=O) groups is 1. The van der Waals surface area contributed by atoms with Gasteiger partial charge in [0.2, 0.25) is 0 Å². The zero-order valence-electron chi connectivity index (χ0n) is 18.3. The molecular weight excluding hydrogens is 432 g/mol. The molecule has 2 aromatic carbocycles. The Morgan fingerprint density at radius 2 is 1.91 bits per heavy atom. The lowest BCUT2D eigenvalue weighted by atomic mass is 9.93. The molecule has 6 heteroatoms. The van der Waals surface area contributed by atoms with Crippen LogP contribution in [0.3, 0.4) is 0 Å². The lowest BCUT2D eigenvalue weighted by Crippen LogP contribution is -2.39. The zero-order chi connectivity index (χ0) is 22.6. The first kappa shape index (κ1) is 21.4. The van der Waals surface area contributed by atoms with Gasteiger partial charge < -0.3 is 4.90 Å². The Kier molecular flexibility index (Phi) is 6.22. The van der Waals surface area contributed by atoms with Gasteiger partial charge in [0.15, 0.2) is 0 Å². The SMILES string of the molecule is O=C(c1ccccc1Cn1cccn1)N1CCCC(c2cccc(-c3cccc(Cl)c3)n2)C1. The van der Waals surface area contributed by atoms with E-state index < -0.39 is 0 Å². The highest BCUT2D eigenvalue weighted by molar-refractivity contribution is 6.30. The molecule has 0 aliphatic carbocycles. The molecule has 1 amide bonds. The second-order valence-corrected chi connectivity index (χ2v) is 8.85. The lowest BCUT2D eigenvalue weighted by Gasteiger charge is -2.33. The molecule has 0 N–H and O–H groups in total. The Morgan fingerprint density at radius 3 is 2.76 bits per heavy atom. The standard InChI is InChI=1S/C27H25ClN4O/c28-23-10-3-8-20(17-23)25-12-4-13-26(30-25)22-9-5-15-31(18-22)27(33)24-11-2-1-7-21(24)19-32-16-6-14-29-32/h1-4,6-8,10-14,16-17,22H,5,9,15,18-19H2. The summed E-state index contributed by atoms with van der Waals surface area (Å²) in [7, 11) is 0. The number of likely N-dealkylation sites (tertiary alicyclic amines) is 1. The number of pyridine rings is 1. The number of carbonyl (C=O) groups excluding carboxylic acids is 1. The maximum Gasteiger partial charge on any atom is 0.254 e. The van der Waals surface area contributed by atoms with Crippen molar-refractivity contribution in [3.8, 4) is 11.3 Å². The van der Waals surface area contributed by atoms with Gasteiger partial charge in [0, 0.05) is 53.2 Å². The quantitative estimate of drug-likeness (QED) is 0.389. The summed E-state index contributed by atoms with van der Waals surface area (Å²) in [5, 5.41) is 4.99. The van der Waals surface area contributed by atoms with Crippen LogP contribution in [0.4, 0.5) is 0 Å². The highest BCUT2D eigenvalue weighted by atomic mass is 35.5. The van der Waals surface area contributed by atoms with E-state index >= 15 is 0 Å². The van der Waals surface area contributed by atoms with Crippen LogP contribution >= 0.6 is 11.6 Å². The molecule has 1 saturated heterocycles. The van der Waals surface area contributed by atoms with Crippen LogP contribution in [-0.4, -0.2) is 38.7 Å². The minimum atomic E-state index is 0.0773. The number of rotatable bonds is 5. The fourth-order valence-corrected chi connectivity index (χ4v) is 4.69. The molecule has 1 atom stereocenters. The minimum Gasteiger partial charge on any atom is -0.338 e. The molecule has 0 saturated carbocycles. The molecule has 0 radical (unpaired) electrons. The van der Waals surface area contributed by atoms with E-state index in [0.29, 0.717) is 18.1 Å². The van der Waals surface area contributed by atoms with E-state index in [1.54, 1.807) is 6.20 Å². The third-order valence-electron chi connectivity index (χ3n) is 6.16. The first-order chi connectivity index (χ1) is 16.2. The van der Waals surface area contributed by atoms with Crippen LogP contribution < -0.4 is 0 Å². The van der Waals surface area contributed by atoms with Crippen molar-refractivity contribution < 1.29 is 4.79 Å². The van der Waals surface area contributed by atoms with Crippen molar-refractivity contribution in [3.63, 3.8) is 0 Å². The summed E-state index contributed by atoms with van der Waals surface area (Å²) in [5.74, 6) is 0.286. The second-order valence-electron chi connectivity index (χ2n) is 8.41. The highest BCUT2D eigenvalue weighted by Gasteiger charge is 2.27. The molecule has 1 aliphatic rings. The molecule has 0 bridgehead atoms. The number of hydrogen-bond acceptors (Lipinski definition) is 3. The molecule has 166 valence electrons. The number of piperidine rings is 1. The van der Waals surface area contributed by atoms with E-state index in [-0.39, 0.29) is 11.8 Å². The summed E-state index contributed by atoms with van der Waals surface area (Å²) >= 11 is 6.18. The topological polar surface area (TPSA) is 51.0 Å². The number of hydrogen-bond donors (Lipinski definition) is 0. The van der Waals surface area contributed by atoms with E-state index in [9.17, 15) is 4.79 Å². The highest BCUT2D eigenvalue weighted by Crippen LogP contribution is 2.29. The molecular formula is C27H25ClN4O. The monoisotopic (exact) mass is 456 g/mol. The molecule has 4 aromatic rings. The third kappa shape index (κ3) is 4.83. The number of aromatic nitrogens is 3. The van der Waals surface area contributed by atoms with E-state index in [4.69, 9.17) is 16.6 Å². The van der Waals surface area contributed by atoms with Crippen molar-refractivity contribution in [2.24, 2.45) is 0 Å². The van der Waals surface area contributed by atoms with Crippen molar-refractivity contribution in [1.29, 1.82) is 0 Å². The summed E-state index contributed by atoms with van der Waals surface area (Å²) in [5.41, 5.74) is 4.65. The normalized spacial score (nSPS) is 16.0. The van der Waals surface area contributed by atoms with Crippen LogP contribution in [0, 0.1) is 0 Å². The van der Waals surface area contributed by atoms with E-state index in [1.165, 1.54) is 0 Å². The fraction of sp³-hybridized carbons (Fsp3) is 0.222. The largest absolute Gasteiger partial charge is 0.338 e. The average Bonchev–Trinajstić information content (AvgIpc) is 3.37. The van der Waals surface area contributed by atoms with E-state index in [0.717, 1.165) is 47.5 Å². The van der Waals surface area contributed by atoms with Gasteiger partial charge in [-0.3, -0.25) is 14.5 Å². The summed E-state index contributed by atoms with van der Waals surface area (Å²) < 4.78 is 1.84. The summed E-state index contributed by atoms with van der Waals surface area (Å²) in [6.07, 6.45) is 5.65. The summed E-state index contributed by atoms with van der Waals surface area (Å²) in [6.45, 7) is 2.01. The van der Waals surface area contributed by atoms with Crippen LogP contribution in [0.2, 0.25) is 5.02 Å². The predicted octanol–water partition coefficient (Wildman–Crippen LogP) is 5.67. The van der Waals surface area contributed by atoms with E-state index in [2.05, 4.69) is 11.2 Å². The first-order valence-corrected chi connectivity index (χ1v) is 11.6. The van der Waals surface area contributed by atoms with Gasteiger partial charge in [0.25, 0.3) is 5.91 Å². The Morgan fingerprint density at radius 1 is 1.03 bits per heavy atom. The average molecular weight is 457 g/mol. The van der Waals surface area contributed by atoms with Gasteiger partial charge in [-0.25, -0.2) is 0 Å². The molecule has 5 rings (SSSR count). The van der Waals surface area contributed by atoms with Crippen LogP contribution in [0.5, 0.6) is 0 Å². The number of benzene rings is 2. The Labute approximate surface area is 198 Å². The molecule has 3 heterocycles. The van der Waals surface area contributed by atoms with Gasteiger partial charge in [-0.1, -0.05) is 48.0 Å². The molecule has 33 heavy (non-hydrogen) atoms. The molecule has 1 fully saturated rings. The molecule has 1 unspecified atom stereocenters. The Balaban J connectivity index is 1.36. The smallest absolute Gasteiger partial charge is 0.254 e. The van der Waals surface area contributed by atoms with Crippen molar-refractivity contribution >= 4 is 17.5 Å². The van der Waals surface area contributed by atoms with Crippen molar-refractivity contribution in [3.05, 3.63) is 107 Å². The van der Waals surface area contributed by atoms with Gasteiger partial charge in [0.1, 0.15) is 0 Å². The number of nitrogens with zero attached hydrogens (tertiary/aromatic N) is 4. The lowest BCUT2D eigenvalue weighted by molar-refractivity contribution is 0.0704. The van der Waals surface area contributed by atoms with Crippen LogP contribution in [0.15, 0.2) is 85.2 Å². The van der Waals surface area contributed by atoms with Crippen LogP contribution in [0.25, 0.3) is 11.3 Å². The van der Waals surface area contributed by atoms with Crippen molar-refractivity contribution in [1.82, 2.24) is 19.7 Å². The predicted molar refractivity (Wildman–Crippen MR) is 130 cm³/mol. The van der Waals surface area contributed by atoms with Gasteiger partial charge >= 0.3 is 0 Å². The van der Waals surface area contributed by atoms with Crippen LogP contribution in [0.1, 0.15) is 40.4 Å². The fourth-order valence-electron chi connectivity index (χ4n) is 4.50. The zero-order valence-corrected chi connectivity index (χ0v) is 19.0. The van der Waals surface area contributed by atoms with Gasteiger partial charge in [-0.2, -0.15) is 5.10 Å². The second kappa shape index (κ2) is 9.59. The summed E-state index contributed by atoms with van der Waals surface area (Å²) in [4.78, 5) is 20.4. The summed E-state index contributed by atoms with van der Waals surface area (Å²) in [6, 6.07) is 23.6. The maximum absolute atomic E-state index is 13.5. The first-order valence-electron chi connectivity index (χ1n) is 11.2. The maximum atomic E-state index is 13.5. The van der Waals surface area contributed by atoms with Gasteiger partial charge in [-0.15, -0.1) is 0 Å². The molecule has 0 spiro atoms. The van der Waals surface area contributed by atoms with Crippen molar-refractivity contribution in [2.45, 2.75) is 25.3 Å². The van der Waals surface area contributed by atoms with Crippen LogP contribution in [-0.2, 0) is 6.54 Å². The number of halogens is 1. The molecule has 2 aromatic heterocycles. The molecule has 1 aliphatic heterocycles. The molecule has 5 nitrogen and oxygen atoms in total. The Bertz CT molecular complexity index is 1250.